The van der Waals surface area contributed by atoms with E-state index >= 15 is 0 Å². The van der Waals surface area contributed by atoms with Gasteiger partial charge in [0.05, 0.1) is 6.54 Å². The highest BCUT2D eigenvalue weighted by molar-refractivity contribution is 5.92. The first-order valence-corrected chi connectivity index (χ1v) is 13.2. The van der Waals surface area contributed by atoms with Gasteiger partial charge in [-0.15, -0.1) is 0 Å². The smallest absolute Gasteiger partial charge is 0.236 e. The van der Waals surface area contributed by atoms with Crippen LogP contribution in [-0.4, -0.2) is 54.4 Å². The molecular weight excluding hydrogens is 430 g/mol. The largest absolute Gasteiger partial charge is 0.354 e. The Morgan fingerprint density at radius 1 is 1.20 bits per heavy atom. The van der Waals surface area contributed by atoms with E-state index in [0.717, 1.165) is 32.4 Å². The van der Waals surface area contributed by atoms with Gasteiger partial charge in [-0.2, -0.15) is 0 Å². The Morgan fingerprint density at radius 3 is 2.46 bits per heavy atom. The van der Waals surface area contributed by atoms with E-state index in [1.54, 1.807) is 0 Å². The van der Waals surface area contributed by atoms with Gasteiger partial charge in [0.1, 0.15) is 0 Å². The molecule has 4 heteroatoms. The van der Waals surface area contributed by atoms with Gasteiger partial charge in [-0.25, -0.2) is 0 Å². The molecule has 0 atom stereocenters. The van der Waals surface area contributed by atoms with Crippen molar-refractivity contribution >= 4 is 22.4 Å². The summed E-state index contributed by atoms with van der Waals surface area (Å²) in [6, 6.07) is 6.97. The number of rotatable bonds is 8. The summed E-state index contributed by atoms with van der Waals surface area (Å²) in [6.07, 6.45) is 9.82. The highest BCUT2D eigenvalue weighted by atomic mass is 16.2. The lowest BCUT2D eigenvalue weighted by Gasteiger charge is -2.33. The Morgan fingerprint density at radius 2 is 1.89 bits per heavy atom. The van der Waals surface area contributed by atoms with Gasteiger partial charge < -0.3 is 14.8 Å². The molecule has 1 aromatic carbocycles. The third-order valence-electron chi connectivity index (χ3n) is 7.42. The van der Waals surface area contributed by atoms with Crippen LogP contribution in [0.5, 0.6) is 0 Å². The summed E-state index contributed by atoms with van der Waals surface area (Å²) in [5.74, 6) is 1.15. The summed E-state index contributed by atoms with van der Waals surface area (Å²) in [6.45, 7) is 15.5. The lowest BCUT2D eigenvalue weighted by molar-refractivity contribution is -0.132. The zero-order valence-corrected chi connectivity index (χ0v) is 23.2. The molecule has 1 aromatic heterocycles. The molecule has 0 saturated carbocycles. The van der Waals surface area contributed by atoms with Crippen molar-refractivity contribution < 1.29 is 4.79 Å². The van der Waals surface area contributed by atoms with Crippen molar-refractivity contribution in [3.63, 3.8) is 0 Å². The standard InChI is InChI=1S/C31H45N3O/c1-9-11-26(18-23(6)22(5)10-2)31-30(21(3)4)27-19-25(12-13-28(27)32-31)24-14-16-34(17-15-24)29(35)20-33(7)8/h9,11-13,18-19,21,24,32H,10,14-17,20H2,1-8H3/b11-9-,23-22+,26-18+. The zero-order valence-electron chi connectivity index (χ0n) is 23.2. The number of likely N-dealkylation sites (tertiary alicyclic amines) is 1. The number of fused-ring (bicyclic) bond motifs is 1. The second-order valence-corrected chi connectivity index (χ2v) is 10.7. The van der Waals surface area contributed by atoms with Gasteiger partial charge >= 0.3 is 0 Å². The lowest BCUT2D eigenvalue weighted by atomic mass is 9.87. The molecule has 2 aromatic rings. The predicted molar refractivity (Wildman–Crippen MR) is 151 cm³/mol. The number of aromatic nitrogens is 1. The van der Waals surface area contributed by atoms with E-state index in [2.05, 4.69) is 83.0 Å². The lowest BCUT2D eigenvalue weighted by Crippen LogP contribution is -2.42. The van der Waals surface area contributed by atoms with Gasteiger partial charge in [0.25, 0.3) is 0 Å². The fourth-order valence-corrected chi connectivity index (χ4v) is 5.16. The minimum absolute atomic E-state index is 0.243. The number of allylic oxidation sites excluding steroid dienone is 6. The van der Waals surface area contributed by atoms with Crippen LogP contribution in [0.1, 0.15) is 89.5 Å². The summed E-state index contributed by atoms with van der Waals surface area (Å²) >= 11 is 0. The maximum atomic E-state index is 12.5. The quantitative estimate of drug-likeness (QED) is 0.408. The number of likely N-dealkylation sites (N-methyl/N-ethyl adjacent to an activating group) is 1. The van der Waals surface area contributed by atoms with Crippen LogP contribution in [0.25, 0.3) is 16.5 Å². The Bertz CT molecular complexity index is 1120. The van der Waals surface area contributed by atoms with Gasteiger partial charge in [-0.05, 0) is 94.8 Å². The number of H-pyrrole nitrogens is 1. The van der Waals surface area contributed by atoms with Crippen LogP contribution in [0.15, 0.2) is 47.6 Å². The summed E-state index contributed by atoms with van der Waals surface area (Å²) < 4.78 is 0. The minimum Gasteiger partial charge on any atom is -0.354 e. The topological polar surface area (TPSA) is 39.3 Å². The van der Waals surface area contributed by atoms with Crippen LogP contribution >= 0.6 is 0 Å². The second-order valence-electron chi connectivity index (χ2n) is 10.7. The molecule has 1 N–H and O–H groups in total. The van der Waals surface area contributed by atoms with Crippen LogP contribution in [0.4, 0.5) is 0 Å². The number of carbonyl (C=O) groups is 1. The highest BCUT2D eigenvalue weighted by Crippen LogP contribution is 2.37. The fourth-order valence-electron chi connectivity index (χ4n) is 5.16. The Labute approximate surface area is 212 Å². The molecule has 1 aliphatic rings. The van der Waals surface area contributed by atoms with E-state index < -0.39 is 0 Å². The molecule has 4 nitrogen and oxygen atoms in total. The average molecular weight is 476 g/mol. The van der Waals surface area contributed by atoms with Crippen LogP contribution in [-0.2, 0) is 4.79 Å². The van der Waals surface area contributed by atoms with Crippen molar-refractivity contribution in [2.45, 2.75) is 72.6 Å². The van der Waals surface area contributed by atoms with E-state index in [4.69, 9.17) is 0 Å². The summed E-state index contributed by atoms with van der Waals surface area (Å²) in [4.78, 5) is 20.2. The normalized spacial score (nSPS) is 16.7. The summed E-state index contributed by atoms with van der Waals surface area (Å²) in [5.41, 5.74) is 9.24. The first kappa shape index (κ1) is 27.0. The first-order valence-electron chi connectivity index (χ1n) is 13.2. The monoisotopic (exact) mass is 475 g/mol. The maximum absolute atomic E-state index is 12.5. The molecule has 3 rings (SSSR count). The predicted octanol–water partition coefficient (Wildman–Crippen LogP) is 7.26. The Balaban J connectivity index is 1.96. The molecule has 0 radical (unpaired) electrons. The minimum atomic E-state index is 0.243. The molecule has 190 valence electrons. The number of piperidine rings is 1. The van der Waals surface area contributed by atoms with E-state index in [0.29, 0.717) is 18.4 Å². The molecular formula is C31H45N3O. The Kier molecular flexibility index (Phi) is 9.18. The molecule has 1 saturated heterocycles. The van der Waals surface area contributed by atoms with Gasteiger partial charge in [-0.1, -0.05) is 56.2 Å². The van der Waals surface area contributed by atoms with E-state index in [1.807, 2.05) is 23.9 Å². The molecule has 0 aliphatic carbocycles. The molecule has 1 amide bonds. The number of nitrogens with one attached hydrogen (secondary N) is 1. The molecule has 0 unspecified atom stereocenters. The van der Waals surface area contributed by atoms with Crippen LogP contribution in [0, 0.1) is 0 Å². The number of nitrogens with zero attached hydrogens (tertiary/aromatic N) is 2. The van der Waals surface area contributed by atoms with Crippen molar-refractivity contribution in [2.75, 3.05) is 33.7 Å². The highest BCUT2D eigenvalue weighted by Gasteiger charge is 2.25. The third kappa shape index (κ3) is 6.35. The molecule has 1 aliphatic heterocycles. The Hall–Kier alpha value is -2.59. The van der Waals surface area contributed by atoms with Crippen molar-refractivity contribution in [1.82, 2.24) is 14.8 Å². The zero-order chi connectivity index (χ0) is 25.7. The van der Waals surface area contributed by atoms with Gasteiger partial charge in [0, 0.05) is 29.7 Å². The summed E-state index contributed by atoms with van der Waals surface area (Å²) in [7, 11) is 3.91. The third-order valence-corrected chi connectivity index (χ3v) is 7.42. The number of amides is 1. The number of carbonyl (C=O) groups excluding carboxylic acids is 1. The second kappa shape index (κ2) is 11.9. The van der Waals surface area contributed by atoms with Crippen molar-refractivity contribution in [1.29, 1.82) is 0 Å². The molecule has 1 fully saturated rings. The fraction of sp³-hybridized carbons (Fsp3) is 0.516. The number of aromatic amines is 1. The number of hydrogen-bond acceptors (Lipinski definition) is 2. The van der Waals surface area contributed by atoms with Crippen LogP contribution in [0.2, 0.25) is 0 Å². The number of hydrogen-bond donors (Lipinski definition) is 1. The van der Waals surface area contributed by atoms with E-state index in [1.165, 1.54) is 44.4 Å². The van der Waals surface area contributed by atoms with Crippen LogP contribution in [0.3, 0.4) is 0 Å². The molecule has 0 bridgehead atoms. The van der Waals surface area contributed by atoms with Crippen LogP contribution < -0.4 is 0 Å². The van der Waals surface area contributed by atoms with Crippen molar-refractivity contribution in [3.8, 4) is 0 Å². The van der Waals surface area contributed by atoms with E-state index in [-0.39, 0.29) is 5.91 Å². The van der Waals surface area contributed by atoms with Crippen molar-refractivity contribution in [3.05, 3.63) is 64.4 Å². The SMILES string of the molecule is C\C=C/C(=C\C(C)=C(/C)CC)c1[nH]c2ccc(C3CCN(C(=O)CN(C)C)CC3)cc2c1C(C)C. The molecule has 2 heterocycles. The van der Waals surface area contributed by atoms with Gasteiger partial charge in [0.15, 0.2) is 0 Å². The first-order chi connectivity index (χ1) is 16.7. The van der Waals surface area contributed by atoms with Crippen molar-refractivity contribution in [2.24, 2.45) is 0 Å². The maximum Gasteiger partial charge on any atom is 0.236 e. The van der Waals surface area contributed by atoms with Gasteiger partial charge in [0.2, 0.25) is 5.91 Å². The number of benzene rings is 1. The summed E-state index contributed by atoms with van der Waals surface area (Å²) in [5, 5.41) is 1.34. The molecule has 0 spiro atoms. The molecule has 35 heavy (non-hydrogen) atoms. The van der Waals surface area contributed by atoms with Gasteiger partial charge in [-0.3, -0.25) is 4.79 Å². The average Bonchev–Trinajstić information content (AvgIpc) is 3.21. The van der Waals surface area contributed by atoms with E-state index in [9.17, 15) is 4.79 Å².